The van der Waals surface area contributed by atoms with Gasteiger partial charge in [-0.05, 0) is 75.5 Å². The molecule has 2 aromatic rings. The lowest BCUT2D eigenvalue weighted by Crippen LogP contribution is -2.49. The number of carbonyl (C=O) groups is 1. The normalized spacial score (nSPS) is 18.3. The lowest BCUT2D eigenvalue weighted by Gasteiger charge is -2.42. The topological polar surface area (TPSA) is 96.6 Å². The van der Waals surface area contributed by atoms with Crippen LogP contribution < -0.4 is 10.0 Å². The molecule has 4 rings (SSSR count). The molecular weight excluding hydrogens is 424 g/mol. The zero-order valence-corrected chi connectivity index (χ0v) is 19.4. The van der Waals surface area contributed by atoms with Gasteiger partial charge in [-0.3, -0.25) is 14.1 Å². The molecule has 2 fully saturated rings. The summed E-state index contributed by atoms with van der Waals surface area (Å²) in [7, 11) is -3.58. The number of anilines is 1. The molecule has 2 heterocycles. The molecule has 2 N–H and O–H groups in total. The molecule has 0 radical (unpaired) electrons. The number of hydrogen-bond acceptors (Lipinski definition) is 6. The van der Waals surface area contributed by atoms with Crippen LogP contribution in [-0.2, 0) is 16.6 Å². The molecule has 0 atom stereocenters. The number of aromatic nitrogens is 1. The van der Waals surface area contributed by atoms with E-state index in [0.29, 0.717) is 35.8 Å². The van der Waals surface area contributed by atoms with Gasteiger partial charge >= 0.3 is 0 Å². The minimum absolute atomic E-state index is 0.0790. The van der Waals surface area contributed by atoms with E-state index in [1.165, 1.54) is 29.8 Å². The summed E-state index contributed by atoms with van der Waals surface area (Å²) in [6, 6.07) is 11.6. The van der Waals surface area contributed by atoms with E-state index in [0.717, 1.165) is 18.7 Å². The van der Waals surface area contributed by atoms with E-state index in [-0.39, 0.29) is 18.9 Å². The highest BCUT2D eigenvalue weighted by Crippen LogP contribution is 2.32. The molecule has 7 nitrogen and oxygen atoms in total. The average Bonchev–Trinajstić information content (AvgIpc) is 2.76. The van der Waals surface area contributed by atoms with E-state index in [1.54, 1.807) is 12.1 Å². The first-order valence-corrected chi connectivity index (χ1v) is 12.9. The van der Waals surface area contributed by atoms with E-state index in [1.807, 2.05) is 31.2 Å². The van der Waals surface area contributed by atoms with Gasteiger partial charge in [-0.15, -0.1) is 0 Å². The summed E-state index contributed by atoms with van der Waals surface area (Å²) < 4.78 is 29.1. The lowest BCUT2D eigenvalue weighted by atomic mass is 9.90. The summed E-state index contributed by atoms with van der Waals surface area (Å²) in [5.41, 5.74) is 8.10. The molecule has 0 amide bonds. The third-order valence-electron chi connectivity index (χ3n) is 6.72. The maximum Gasteiger partial charge on any atom is 0.238 e. The van der Waals surface area contributed by atoms with Crippen LogP contribution in [0.2, 0.25) is 0 Å². The van der Waals surface area contributed by atoms with Crippen molar-refractivity contribution in [3.05, 3.63) is 59.4 Å². The third kappa shape index (κ3) is 4.87. The number of aryl methyl sites for hydroxylation is 1. The number of sulfonamides is 1. The van der Waals surface area contributed by atoms with Crippen LogP contribution in [0, 0.1) is 6.92 Å². The molecule has 8 heteroatoms. The Morgan fingerprint density at radius 2 is 1.91 bits per heavy atom. The number of nitrogens with zero attached hydrogens (tertiary/aromatic N) is 3. The molecule has 172 valence electrons. The minimum Gasteiger partial charge on any atom is -0.324 e. The van der Waals surface area contributed by atoms with Crippen LogP contribution >= 0.6 is 0 Å². The standard InChI is InChI=1S/C24H32N4O3S/c1-18-4-2-7-22(14-18)28(17-20-9-8-19(16-26-20)24(29)15-25)32(30,31)23-10-12-27(13-11-23)21-5-3-6-21/h2,4,7-9,14,16,21,23H,3,5-6,10-13,15,17,25H2,1H3. The molecule has 32 heavy (non-hydrogen) atoms. The van der Waals surface area contributed by atoms with Crippen molar-refractivity contribution in [3.8, 4) is 0 Å². The molecule has 2 aliphatic rings. The minimum atomic E-state index is -3.58. The molecule has 1 aliphatic heterocycles. The number of pyridine rings is 1. The zero-order valence-electron chi connectivity index (χ0n) is 18.6. The van der Waals surface area contributed by atoms with Gasteiger partial charge in [-0.2, -0.15) is 0 Å². The SMILES string of the molecule is Cc1cccc(N(Cc2ccc(C(=O)CN)cn2)S(=O)(=O)C2CCN(C3CCC3)CC2)c1. The number of piperidine rings is 1. The second-order valence-corrected chi connectivity index (χ2v) is 11.0. The maximum atomic E-state index is 13.8. The van der Waals surface area contributed by atoms with Crippen molar-refractivity contribution in [2.24, 2.45) is 5.73 Å². The highest BCUT2D eigenvalue weighted by molar-refractivity contribution is 7.93. The predicted octanol–water partition coefficient (Wildman–Crippen LogP) is 2.88. The number of rotatable bonds is 8. The highest BCUT2D eigenvalue weighted by Gasteiger charge is 2.37. The summed E-state index contributed by atoms with van der Waals surface area (Å²) in [6.45, 7) is 3.68. The molecule has 1 aromatic carbocycles. The number of benzene rings is 1. The average molecular weight is 457 g/mol. The van der Waals surface area contributed by atoms with Gasteiger partial charge in [-0.1, -0.05) is 18.6 Å². The molecule has 0 spiro atoms. The maximum absolute atomic E-state index is 13.8. The Morgan fingerprint density at radius 1 is 1.16 bits per heavy atom. The zero-order chi connectivity index (χ0) is 22.7. The quantitative estimate of drug-likeness (QED) is 0.614. The van der Waals surface area contributed by atoms with Gasteiger partial charge in [0, 0.05) is 17.8 Å². The van der Waals surface area contributed by atoms with Crippen LogP contribution in [0.25, 0.3) is 0 Å². The third-order valence-corrected chi connectivity index (χ3v) is 8.99. The first kappa shape index (κ1) is 22.9. The van der Waals surface area contributed by atoms with E-state index in [9.17, 15) is 13.2 Å². The predicted molar refractivity (Wildman–Crippen MR) is 126 cm³/mol. The van der Waals surface area contributed by atoms with E-state index in [2.05, 4.69) is 9.88 Å². The van der Waals surface area contributed by atoms with Gasteiger partial charge in [0.2, 0.25) is 10.0 Å². The largest absolute Gasteiger partial charge is 0.324 e. The summed E-state index contributed by atoms with van der Waals surface area (Å²) in [4.78, 5) is 18.6. The second-order valence-electron chi connectivity index (χ2n) is 8.88. The Bertz CT molecular complexity index is 1040. The Hall–Kier alpha value is -2.29. The van der Waals surface area contributed by atoms with Crippen molar-refractivity contribution in [3.63, 3.8) is 0 Å². The Morgan fingerprint density at radius 3 is 2.47 bits per heavy atom. The fourth-order valence-corrected chi connectivity index (χ4v) is 6.42. The van der Waals surface area contributed by atoms with Crippen LogP contribution in [0.15, 0.2) is 42.6 Å². The van der Waals surface area contributed by atoms with Gasteiger partial charge in [0.25, 0.3) is 0 Å². The molecule has 1 aliphatic carbocycles. The Labute approximate surface area is 190 Å². The first-order chi connectivity index (χ1) is 15.4. The van der Waals surface area contributed by atoms with Crippen molar-refractivity contribution in [1.82, 2.24) is 9.88 Å². The van der Waals surface area contributed by atoms with Crippen molar-refractivity contribution in [1.29, 1.82) is 0 Å². The molecular formula is C24H32N4O3S. The summed E-state index contributed by atoms with van der Waals surface area (Å²) >= 11 is 0. The first-order valence-electron chi connectivity index (χ1n) is 11.4. The molecule has 1 saturated carbocycles. The lowest BCUT2D eigenvalue weighted by molar-refractivity contribution is 0.100. The number of nitrogens with two attached hydrogens (primary N) is 1. The number of Topliss-reactive ketones (excluding diaryl/α,β-unsaturated/α-hetero) is 1. The van der Waals surface area contributed by atoms with Crippen molar-refractivity contribution < 1.29 is 13.2 Å². The van der Waals surface area contributed by atoms with Crippen molar-refractivity contribution >= 4 is 21.5 Å². The van der Waals surface area contributed by atoms with Crippen LogP contribution in [0.5, 0.6) is 0 Å². The monoisotopic (exact) mass is 456 g/mol. The number of ketones is 1. The fraction of sp³-hybridized carbons (Fsp3) is 0.500. The molecule has 1 aromatic heterocycles. The van der Waals surface area contributed by atoms with E-state index < -0.39 is 15.3 Å². The van der Waals surface area contributed by atoms with E-state index >= 15 is 0 Å². The van der Waals surface area contributed by atoms with Gasteiger partial charge in [0.05, 0.1) is 29.7 Å². The number of hydrogen-bond donors (Lipinski definition) is 1. The van der Waals surface area contributed by atoms with Crippen molar-refractivity contribution in [2.45, 2.75) is 56.9 Å². The van der Waals surface area contributed by atoms with Crippen LogP contribution in [0.4, 0.5) is 5.69 Å². The van der Waals surface area contributed by atoms with Gasteiger partial charge < -0.3 is 10.6 Å². The molecule has 0 bridgehead atoms. The number of carbonyl (C=O) groups excluding carboxylic acids is 1. The smallest absolute Gasteiger partial charge is 0.238 e. The van der Waals surface area contributed by atoms with Crippen LogP contribution in [-0.4, -0.2) is 55.0 Å². The van der Waals surface area contributed by atoms with Crippen LogP contribution in [0.1, 0.15) is 53.7 Å². The van der Waals surface area contributed by atoms with Gasteiger partial charge in [-0.25, -0.2) is 8.42 Å². The number of likely N-dealkylation sites (tertiary alicyclic amines) is 1. The van der Waals surface area contributed by atoms with Crippen molar-refractivity contribution in [2.75, 3.05) is 23.9 Å². The Kier molecular flexibility index (Phi) is 6.93. The van der Waals surface area contributed by atoms with Gasteiger partial charge in [0.15, 0.2) is 5.78 Å². The fourth-order valence-electron chi connectivity index (χ4n) is 4.53. The Balaban J connectivity index is 1.57. The summed E-state index contributed by atoms with van der Waals surface area (Å²) in [6.07, 6.45) is 6.54. The highest BCUT2D eigenvalue weighted by atomic mass is 32.2. The van der Waals surface area contributed by atoms with E-state index in [4.69, 9.17) is 5.73 Å². The molecule has 0 unspecified atom stereocenters. The summed E-state index contributed by atoms with van der Waals surface area (Å²) in [5.74, 6) is -0.189. The molecule has 1 saturated heterocycles. The van der Waals surface area contributed by atoms with Gasteiger partial charge in [0.1, 0.15) is 0 Å². The summed E-state index contributed by atoms with van der Waals surface area (Å²) in [5, 5.41) is -0.405. The van der Waals surface area contributed by atoms with Crippen LogP contribution in [0.3, 0.4) is 0 Å². The second kappa shape index (κ2) is 9.68.